The third-order valence-corrected chi connectivity index (χ3v) is 3.69. The number of amides is 2. The van der Waals surface area contributed by atoms with Crippen LogP contribution < -0.4 is 10.6 Å². The minimum absolute atomic E-state index is 0.160. The monoisotopic (exact) mass is 334 g/mol. The summed E-state index contributed by atoms with van der Waals surface area (Å²) in [6.45, 7) is 4.18. The number of carbonyl (C=O) groups is 2. The smallest absolute Gasteiger partial charge is 0.234 e. The predicted molar refractivity (Wildman–Crippen MR) is 88.2 cm³/mol. The van der Waals surface area contributed by atoms with Gasteiger partial charge in [0.15, 0.2) is 0 Å². The Labute approximate surface area is 138 Å². The molecule has 0 bridgehead atoms. The lowest BCUT2D eigenvalue weighted by Gasteiger charge is -2.07. The molecule has 1 aromatic carbocycles. The molecule has 2 amide bonds. The first-order valence-electron chi connectivity index (χ1n) is 7.15. The molecular formula is C14H18N6O2S. The van der Waals surface area contributed by atoms with Crippen molar-refractivity contribution in [3.8, 4) is 0 Å². The Morgan fingerprint density at radius 1 is 1.26 bits per heavy atom. The molecule has 2 rings (SSSR count). The van der Waals surface area contributed by atoms with Crippen LogP contribution in [-0.4, -0.2) is 37.8 Å². The fourth-order valence-electron chi connectivity index (χ4n) is 1.86. The van der Waals surface area contributed by atoms with E-state index >= 15 is 0 Å². The zero-order chi connectivity index (χ0) is 16.7. The van der Waals surface area contributed by atoms with Gasteiger partial charge >= 0.3 is 0 Å². The van der Waals surface area contributed by atoms with Crippen LogP contribution in [0.15, 0.2) is 29.4 Å². The van der Waals surface area contributed by atoms with Gasteiger partial charge in [0.05, 0.1) is 5.75 Å². The number of anilines is 2. The number of thioether (sulfide) groups is 1. The average molecular weight is 334 g/mol. The first kappa shape index (κ1) is 16.9. The second-order valence-corrected chi connectivity index (χ2v) is 5.73. The average Bonchev–Trinajstić information content (AvgIpc) is 2.92. The maximum atomic E-state index is 12.0. The van der Waals surface area contributed by atoms with Gasteiger partial charge in [0.25, 0.3) is 0 Å². The van der Waals surface area contributed by atoms with Crippen molar-refractivity contribution in [2.24, 2.45) is 0 Å². The SMILES string of the molecule is CCCn1nnnc1SCC(=O)Nc1cccc(NC(C)=O)c1. The van der Waals surface area contributed by atoms with Crippen LogP contribution in [0.4, 0.5) is 11.4 Å². The van der Waals surface area contributed by atoms with Crippen LogP contribution in [0.3, 0.4) is 0 Å². The Hall–Kier alpha value is -2.42. The first-order valence-corrected chi connectivity index (χ1v) is 8.13. The van der Waals surface area contributed by atoms with Crippen molar-refractivity contribution in [1.29, 1.82) is 0 Å². The number of nitrogens with zero attached hydrogens (tertiary/aromatic N) is 4. The number of hydrogen-bond acceptors (Lipinski definition) is 6. The van der Waals surface area contributed by atoms with Gasteiger partial charge in [0.2, 0.25) is 17.0 Å². The highest BCUT2D eigenvalue weighted by molar-refractivity contribution is 7.99. The van der Waals surface area contributed by atoms with Gasteiger partial charge in [0, 0.05) is 24.8 Å². The summed E-state index contributed by atoms with van der Waals surface area (Å²) in [5.74, 6) is -0.123. The van der Waals surface area contributed by atoms with Crippen LogP contribution >= 0.6 is 11.8 Å². The Bertz CT molecular complexity index is 687. The minimum Gasteiger partial charge on any atom is -0.326 e. The topological polar surface area (TPSA) is 102 Å². The molecule has 0 saturated carbocycles. The number of aromatic nitrogens is 4. The molecule has 0 atom stereocenters. The van der Waals surface area contributed by atoms with Crippen molar-refractivity contribution < 1.29 is 9.59 Å². The van der Waals surface area contributed by atoms with E-state index in [1.807, 2.05) is 6.92 Å². The number of tetrazole rings is 1. The van der Waals surface area contributed by atoms with Crippen molar-refractivity contribution in [3.05, 3.63) is 24.3 Å². The van der Waals surface area contributed by atoms with Crippen LogP contribution in [0.5, 0.6) is 0 Å². The molecule has 0 spiro atoms. The summed E-state index contributed by atoms with van der Waals surface area (Å²) in [6, 6.07) is 6.97. The summed E-state index contributed by atoms with van der Waals surface area (Å²) in [5.41, 5.74) is 1.25. The standard InChI is InChI=1S/C14H18N6O2S/c1-3-7-20-14(17-18-19-20)23-9-13(22)16-12-6-4-5-11(8-12)15-10(2)21/h4-6,8H,3,7,9H2,1-2H3,(H,15,21)(H,16,22). The normalized spacial score (nSPS) is 10.3. The number of rotatable bonds is 7. The van der Waals surface area contributed by atoms with E-state index in [0.29, 0.717) is 16.5 Å². The Morgan fingerprint density at radius 3 is 2.70 bits per heavy atom. The summed E-state index contributed by atoms with van der Waals surface area (Å²) in [7, 11) is 0. The first-order chi connectivity index (χ1) is 11.1. The third kappa shape index (κ3) is 5.37. The van der Waals surface area contributed by atoms with Crippen molar-refractivity contribution in [3.63, 3.8) is 0 Å². The summed E-state index contributed by atoms with van der Waals surface area (Å²) in [6.07, 6.45) is 0.917. The summed E-state index contributed by atoms with van der Waals surface area (Å²) >= 11 is 1.28. The molecule has 0 aliphatic rings. The highest BCUT2D eigenvalue weighted by Crippen LogP contribution is 2.17. The second kappa shape index (κ2) is 8.28. The van der Waals surface area contributed by atoms with Gasteiger partial charge in [-0.2, -0.15) is 0 Å². The summed E-state index contributed by atoms with van der Waals surface area (Å²) in [5, 5.41) is 17.4. The molecule has 8 nitrogen and oxygen atoms in total. The molecule has 0 aliphatic carbocycles. The van der Waals surface area contributed by atoms with Gasteiger partial charge in [-0.25, -0.2) is 4.68 Å². The van der Waals surface area contributed by atoms with E-state index in [1.165, 1.54) is 18.7 Å². The van der Waals surface area contributed by atoms with Gasteiger partial charge in [-0.1, -0.05) is 24.8 Å². The van der Waals surface area contributed by atoms with Gasteiger partial charge in [-0.05, 0) is 35.0 Å². The van der Waals surface area contributed by atoms with Crippen LogP contribution in [-0.2, 0) is 16.1 Å². The van der Waals surface area contributed by atoms with E-state index in [1.54, 1.807) is 28.9 Å². The Kier molecular flexibility index (Phi) is 6.10. The molecule has 0 fully saturated rings. The van der Waals surface area contributed by atoms with Gasteiger partial charge in [-0.15, -0.1) is 5.10 Å². The largest absolute Gasteiger partial charge is 0.326 e. The fourth-order valence-corrected chi connectivity index (χ4v) is 2.56. The third-order valence-electron chi connectivity index (χ3n) is 2.73. The lowest BCUT2D eigenvalue weighted by atomic mass is 10.2. The number of hydrogen-bond donors (Lipinski definition) is 2. The fraction of sp³-hybridized carbons (Fsp3) is 0.357. The number of nitrogens with one attached hydrogen (secondary N) is 2. The molecule has 0 saturated heterocycles. The molecule has 0 unspecified atom stereocenters. The molecule has 2 N–H and O–H groups in total. The van der Waals surface area contributed by atoms with Gasteiger partial charge in [-0.3, -0.25) is 9.59 Å². The van der Waals surface area contributed by atoms with Crippen molar-refractivity contribution in [1.82, 2.24) is 20.2 Å². The summed E-state index contributed by atoms with van der Waals surface area (Å²) in [4.78, 5) is 23.1. The molecule has 0 radical (unpaired) electrons. The number of aryl methyl sites for hydroxylation is 1. The maximum absolute atomic E-state index is 12.0. The van der Waals surface area contributed by atoms with Crippen molar-refractivity contribution in [2.75, 3.05) is 16.4 Å². The Morgan fingerprint density at radius 2 is 2.00 bits per heavy atom. The zero-order valence-corrected chi connectivity index (χ0v) is 13.8. The lowest BCUT2D eigenvalue weighted by molar-refractivity contribution is -0.114. The number of carbonyl (C=O) groups excluding carboxylic acids is 2. The van der Waals surface area contributed by atoms with Gasteiger partial charge in [0.1, 0.15) is 0 Å². The van der Waals surface area contributed by atoms with Crippen molar-refractivity contribution >= 4 is 35.0 Å². The molecule has 2 aromatic rings. The van der Waals surface area contributed by atoms with Crippen LogP contribution in [0, 0.1) is 0 Å². The number of benzene rings is 1. The molecule has 23 heavy (non-hydrogen) atoms. The van der Waals surface area contributed by atoms with E-state index in [2.05, 4.69) is 26.2 Å². The molecule has 9 heteroatoms. The Balaban J connectivity index is 1.89. The zero-order valence-electron chi connectivity index (χ0n) is 12.9. The molecular weight excluding hydrogens is 316 g/mol. The van der Waals surface area contributed by atoms with E-state index in [0.717, 1.165) is 13.0 Å². The van der Waals surface area contributed by atoms with E-state index in [-0.39, 0.29) is 17.6 Å². The molecule has 122 valence electrons. The highest BCUT2D eigenvalue weighted by atomic mass is 32.2. The van der Waals surface area contributed by atoms with Crippen LogP contribution in [0.1, 0.15) is 20.3 Å². The molecule has 1 aromatic heterocycles. The quantitative estimate of drug-likeness (QED) is 0.748. The summed E-state index contributed by atoms with van der Waals surface area (Å²) < 4.78 is 1.68. The molecule has 1 heterocycles. The van der Waals surface area contributed by atoms with E-state index in [4.69, 9.17) is 0 Å². The van der Waals surface area contributed by atoms with Crippen molar-refractivity contribution in [2.45, 2.75) is 32.0 Å². The highest BCUT2D eigenvalue weighted by Gasteiger charge is 2.10. The maximum Gasteiger partial charge on any atom is 0.234 e. The lowest BCUT2D eigenvalue weighted by Crippen LogP contribution is -2.15. The van der Waals surface area contributed by atoms with Crippen LogP contribution in [0.2, 0.25) is 0 Å². The predicted octanol–water partition coefficient (Wildman–Crippen LogP) is 1.77. The molecule has 0 aliphatic heterocycles. The van der Waals surface area contributed by atoms with E-state index in [9.17, 15) is 9.59 Å². The van der Waals surface area contributed by atoms with E-state index < -0.39 is 0 Å². The van der Waals surface area contributed by atoms with Crippen LogP contribution in [0.25, 0.3) is 0 Å². The minimum atomic E-state index is -0.166. The second-order valence-electron chi connectivity index (χ2n) is 4.78. The van der Waals surface area contributed by atoms with Gasteiger partial charge < -0.3 is 10.6 Å².